The summed E-state index contributed by atoms with van der Waals surface area (Å²) in [5.41, 5.74) is -0.540. The van der Waals surface area contributed by atoms with Crippen LogP contribution in [-0.2, 0) is 6.61 Å². The number of aliphatic hydroxyl groups excluding tert-OH is 1. The monoisotopic (exact) mass is 281 g/mol. The highest BCUT2D eigenvalue weighted by molar-refractivity contribution is 5.42. The van der Waals surface area contributed by atoms with Crippen LogP contribution in [0.5, 0.6) is 11.5 Å². The number of halogens is 2. The molecule has 0 saturated carbocycles. The standard InChI is InChI=1S/C13H9F2NO4/c14-10-2-1-3-12(9(10)7-17)20-13-5-4-8(16(18)19)6-11(13)15/h1-6,17H,7H2. The molecule has 2 rings (SSSR count). The van der Waals surface area contributed by atoms with Crippen LogP contribution in [-0.4, -0.2) is 10.0 Å². The predicted octanol–water partition coefficient (Wildman–Crippen LogP) is 3.16. The van der Waals surface area contributed by atoms with Gasteiger partial charge in [-0.3, -0.25) is 10.1 Å². The van der Waals surface area contributed by atoms with Gasteiger partial charge < -0.3 is 9.84 Å². The molecule has 104 valence electrons. The minimum absolute atomic E-state index is 0.0553. The minimum Gasteiger partial charge on any atom is -0.454 e. The largest absolute Gasteiger partial charge is 0.454 e. The van der Waals surface area contributed by atoms with Gasteiger partial charge in [0.05, 0.1) is 23.2 Å². The van der Waals surface area contributed by atoms with Gasteiger partial charge in [0, 0.05) is 6.07 Å². The molecule has 0 aliphatic rings. The van der Waals surface area contributed by atoms with E-state index in [0.717, 1.165) is 18.2 Å². The maximum atomic E-state index is 13.6. The number of benzene rings is 2. The SMILES string of the molecule is O=[N+]([O-])c1ccc(Oc2cccc(F)c2CO)c(F)c1. The Morgan fingerprint density at radius 2 is 1.90 bits per heavy atom. The molecule has 0 aromatic heterocycles. The zero-order valence-electron chi connectivity index (χ0n) is 10.0. The van der Waals surface area contributed by atoms with Crippen molar-refractivity contribution in [2.45, 2.75) is 6.61 Å². The maximum absolute atomic E-state index is 13.6. The van der Waals surface area contributed by atoms with E-state index in [1.807, 2.05) is 0 Å². The Labute approximate surface area is 112 Å². The first kappa shape index (κ1) is 13.9. The van der Waals surface area contributed by atoms with Crippen molar-refractivity contribution in [2.24, 2.45) is 0 Å². The Hall–Kier alpha value is -2.54. The smallest absolute Gasteiger partial charge is 0.272 e. The van der Waals surface area contributed by atoms with E-state index in [9.17, 15) is 18.9 Å². The van der Waals surface area contributed by atoms with Gasteiger partial charge >= 0.3 is 0 Å². The fourth-order valence-corrected chi connectivity index (χ4v) is 1.59. The number of aliphatic hydroxyl groups is 1. The lowest BCUT2D eigenvalue weighted by molar-refractivity contribution is -0.385. The summed E-state index contributed by atoms with van der Waals surface area (Å²) in [6, 6.07) is 6.66. The van der Waals surface area contributed by atoms with Crippen molar-refractivity contribution in [3.05, 3.63) is 63.7 Å². The van der Waals surface area contributed by atoms with Crippen LogP contribution in [0, 0.1) is 21.7 Å². The molecule has 2 aromatic rings. The fourth-order valence-electron chi connectivity index (χ4n) is 1.59. The van der Waals surface area contributed by atoms with Crippen LogP contribution in [0.4, 0.5) is 14.5 Å². The highest BCUT2D eigenvalue weighted by Crippen LogP contribution is 2.30. The highest BCUT2D eigenvalue weighted by Gasteiger charge is 2.15. The van der Waals surface area contributed by atoms with Crippen LogP contribution in [0.25, 0.3) is 0 Å². The molecule has 0 amide bonds. The van der Waals surface area contributed by atoms with Crippen molar-refractivity contribution < 1.29 is 23.5 Å². The molecule has 5 nitrogen and oxygen atoms in total. The Morgan fingerprint density at radius 3 is 2.50 bits per heavy atom. The molecule has 2 aromatic carbocycles. The number of rotatable bonds is 4. The van der Waals surface area contributed by atoms with E-state index in [1.54, 1.807) is 0 Å². The molecule has 0 atom stereocenters. The Balaban J connectivity index is 2.36. The van der Waals surface area contributed by atoms with Crippen LogP contribution in [0.15, 0.2) is 36.4 Å². The quantitative estimate of drug-likeness (QED) is 0.690. The molecule has 0 radical (unpaired) electrons. The van der Waals surface area contributed by atoms with E-state index >= 15 is 0 Å². The van der Waals surface area contributed by atoms with Gasteiger partial charge in [-0.25, -0.2) is 8.78 Å². The number of hydrogen-bond donors (Lipinski definition) is 1. The number of nitrogens with zero attached hydrogens (tertiary/aromatic N) is 1. The zero-order valence-corrected chi connectivity index (χ0v) is 10.0. The molecule has 1 N–H and O–H groups in total. The molecule has 0 spiro atoms. The summed E-state index contributed by atoms with van der Waals surface area (Å²) >= 11 is 0. The van der Waals surface area contributed by atoms with E-state index < -0.39 is 28.9 Å². The molecule has 20 heavy (non-hydrogen) atoms. The number of nitro groups is 1. The third-order valence-corrected chi connectivity index (χ3v) is 2.58. The third-order valence-electron chi connectivity index (χ3n) is 2.58. The lowest BCUT2D eigenvalue weighted by atomic mass is 10.2. The van der Waals surface area contributed by atoms with Crippen LogP contribution < -0.4 is 4.74 Å². The van der Waals surface area contributed by atoms with Crippen LogP contribution in [0.2, 0.25) is 0 Å². The summed E-state index contributed by atoms with van der Waals surface area (Å²) < 4.78 is 32.2. The third kappa shape index (κ3) is 2.72. The molecular weight excluding hydrogens is 272 g/mol. The first-order valence-electron chi connectivity index (χ1n) is 5.53. The van der Waals surface area contributed by atoms with Gasteiger partial charge in [-0.1, -0.05) is 6.07 Å². The Morgan fingerprint density at radius 1 is 1.15 bits per heavy atom. The molecule has 0 bridgehead atoms. The summed E-state index contributed by atoms with van der Waals surface area (Å²) in [5, 5.41) is 19.5. The lowest BCUT2D eigenvalue weighted by Gasteiger charge is -2.10. The van der Waals surface area contributed by atoms with E-state index in [0.29, 0.717) is 6.07 Å². The van der Waals surface area contributed by atoms with Crippen molar-refractivity contribution >= 4 is 5.69 Å². The maximum Gasteiger partial charge on any atom is 0.272 e. The van der Waals surface area contributed by atoms with Gasteiger partial charge in [-0.2, -0.15) is 0 Å². The fraction of sp³-hybridized carbons (Fsp3) is 0.0769. The highest BCUT2D eigenvalue weighted by atomic mass is 19.1. The first-order valence-corrected chi connectivity index (χ1v) is 5.53. The molecular formula is C13H9F2NO4. The van der Waals surface area contributed by atoms with E-state index in [2.05, 4.69) is 0 Å². The van der Waals surface area contributed by atoms with Crippen molar-refractivity contribution in [2.75, 3.05) is 0 Å². The molecule has 0 fully saturated rings. The van der Waals surface area contributed by atoms with Crippen molar-refractivity contribution in [1.29, 1.82) is 0 Å². The minimum atomic E-state index is -0.952. The Kier molecular flexibility index (Phi) is 3.90. The number of ether oxygens (including phenoxy) is 1. The van der Waals surface area contributed by atoms with Crippen LogP contribution in [0.3, 0.4) is 0 Å². The predicted molar refractivity (Wildman–Crippen MR) is 65.5 cm³/mol. The zero-order chi connectivity index (χ0) is 14.7. The number of non-ortho nitro benzene ring substituents is 1. The van der Waals surface area contributed by atoms with Crippen LogP contribution in [0.1, 0.15) is 5.56 Å². The second kappa shape index (κ2) is 5.62. The van der Waals surface area contributed by atoms with Crippen molar-refractivity contribution in [3.63, 3.8) is 0 Å². The van der Waals surface area contributed by atoms with Gasteiger partial charge in [-0.15, -0.1) is 0 Å². The van der Waals surface area contributed by atoms with Crippen LogP contribution >= 0.6 is 0 Å². The first-order chi connectivity index (χ1) is 9.52. The summed E-state index contributed by atoms with van der Waals surface area (Å²) in [7, 11) is 0. The summed E-state index contributed by atoms with van der Waals surface area (Å²) in [4.78, 5) is 9.74. The molecule has 0 aliphatic carbocycles. The summed E-state index contributed by atoms with van der Waals surface area (Å²) in [6.45, 7) is -0.614. The van der Waals surface area contributed by atoms with Crippen molar-refractivity contribution in [1.82, 2.24) is 0 Å². The van der Waals surface area contributed by atoms with Gasteiger partial charge in [0.2, 0.25) is 0 Å². The normalized spacial score (nSPS) is 10.3. The number of nitro benzene ring substituents is 1. The summed E-state index contributed by atoms with van der Waals surface area (Å²) in [5.74, 6) is -1.99. The number of hydrogen-bond acceptors (Lipinski definition) is 4. The van der Waals surface area contributed by atoms with Gasteiger partial charge in [0.25, 0.3) is 5.69 Å². The van der Waals surface area contributed by atoms with E-state index in [1.165, 1.54) is 12.1 Å². The van der Waals surface area contributed by atoms with Gasteiger partial charge in [0.15, 0.2) is 11.6 Å². The molecule has 0 aliphatic heterocycles. The molecule has 7 heteroatoms. The van der Waals surface area contributed by atoms with E-state index in [-0.39, 0.29) is 17.1 Å². The average Bonchev–Trinajstić information content (AvgIpc) is 2.41. The molecule has 0 heterocycles. The van der Waals surface area contributed by atoms with Gasteiger partial charge in [0.1, 0.15) is 11.6 Å². The lowest BCUT2D eigenvalue weighted by Crippen LogP contribution is -1.97. The average molecular weight is 281 g/mol. The Bertz CT molecular complexity index is 661. The molecule has 0 unspecified atom stereocenters. The topological polar surface area (TPSA) is 72.6 Å². The van der Waals surface area contributed by atoms with Gasteiger partial charge in [-0.05, 0) is 18.2 Å². The summed E-state index contributed by atoms with van der Waals surface area (Å²) in [6.07, 6.45) is 0. The van der Waals surface area contributed by atoms with E-state index in [4.69, 9.17) is 9.84 Å². The second-order valence-corrected chi connectivity index (χ2v) is 3.85. The molecule has 0 saturated heterocycles. The van der Waals surface area contributed by atoms with Crippen molar-refractivity contribution in [3.8, 4) is 11.5 Å². The second-order valence-electron chi connectivity index (χ2n) is 3.85.